The van der Waals surface area contributed by atoms with Crippen molar-refractivity contribution in [1.29, 1.82) is 0 Å². The minimum atomic E-state index is -4.64. The van der Waals surface area contributed by atoms with Gasteiger partial charge in [0.15, 0.2) is 5.43 Å². The number of halogens is 4. The number of amides is 1. The molecule has 0 aliphatic carbocycles. The molecule has 0 aliphatic rings. The van der Waals surface area contributed by atoms with Crippen LogP contribution in [0, 0.1) is 12.7 Å². The van der Waals surface area contributed by atoms with Gasteiger partial charge < -0.3 is 10.7 Å². The molecule has 0 bridgehead atoms. The summed E-state index contributed by atoms with van der Waals surface area (Å²) < 4.78 is 54.6. The third-order valence-electron chi connectivity index (χ3n) is 4.96. The van der Waals surface area contributed by atoms with E-state index >= 15 is 0 Å². The molecular formula is C20H17F4N3O2. The highest BCUT2D eigenvalue weighted by molar-refractivity contribution is 6.03. The Morgan fingerprint density at radius 3 is 2.41 bits per heavy atom. The number of carbonyl (C=O) groups is 1. The molecule has 0 saturated heterocycles. The lowest BCUT2D eigenvalue weighted by atomic mass is 9.82. The summed E-state index contributed by atoms with van der Waals surface area (Å²) in [4.78, 5) is 30.7. The number of fused-ring (bicyclic) bond motifs is 1. The van der Waals surface area contributed by atoms with Crippen molar-refractivity contribution in [1.82, 2.24) is 9.97 Å². The molecule has 152 valence electrons. The van der Waals surface area contributed by atoms with E-state index in [2.05, 4.69) is 9.97 Å². The van der Waals surface area contributed by atoms with Gasteiger partial charge in [-0.15, -0.1) is 0 Å². The number of H-pyrrole nitrogens is 1. The highest BCUT2D eigenvalue weighted by Gasteiger charge is 2.49. The van der Waals surface area contributed by atoms with Crippen LogP contribution in [0.15, 0.2) is 35.3 Å². The Hall–Kier alpha value is -3.23. The van der Waals surface area contributed by atoms with E-state index in [0.717, 1.165) is 32.0 Å². The fourth-order valence-electron chi connectivity index (χ4n) is 3.14. The maximum Gasteiger partial charge on any atom is 0.398 e. The van der Waals surface area contributed by atoms with Gasteiger partial charge in [-0.05, 0) is 38.5 Å². The molecule has 1 aromatic carbocycles. The minimum Gasteiger partial charge on any atom is -0.364 e. The molecule has 1 amide bonds. The first-order chi connectivity index (χ1) is 13.3. The zero-order valence-electron chi connectivity index (χ0n) is 15.7. The molecule has 2 aromatic heterocycles. The second kappa shape index (κ2) is 6.68. The first kappa shape index (κ1) is 20.5. The Labute approximate surface area is 162 Å². The topological polar surface area (TPSA) is 88.8 Å². The molecule has 2 heterocycles. The van der Waals surface area contributed by atoms with Crippen molar-refractivity contribution in [2.24, 2.45) is 5.73 Å². The van der Waals surface area contributed by atoms with Crippen LogP contribution in [-0.2, 0) is 5.41 Å². The molecule has 29 heavy (non-hydrogen) atoms. The van der Waals surface area contributed by atoms with E-state index in [-0.39, 0.29) is 27.9 Å². The maximum atomic E-state index is 14.7. The number of hydrogen-bond acceptors (Lipinski definition) is 3. The van der Waals surface area contributed by atoms with Crippen molar-refractivity contribution >= 4 is 16.8 Å². The molecular weight excluding hydrogens is 390 g/mol. The van der Waals surface area contributed by atoms with Crippen LogP contribution in [0.25, 0.3) is 22.2 Å². The SMILES string of the molecule is Cc1cc(C(C)(C)C(F)(F)F)c(F)cc1-c1cc(=O)c2c(C(N)=O)nccc2[nH]1. The first-order valence-corrected chi connectivity index (χ1v) is 8.54. The number of alkyl halides is 3. The summed E-state index contributed by atoms with van der Waals surface area (Å²) >= 11 is 0. The fraction of sp³-hybridized carbons (Fsp3) is 0.250. The van der Waals surface area contributed by atoms with E-state index in [1.165, 1.54) is 19.2 Å². The van der Waals surface area contributed by atoms with Gasteiger partial charge in [-0.3, -0.25) is 14.6 Å². The molecule has 3 N–H and O–H groups in total. The number of benzene rings is 1. The molecule has 0 spiro atoms. The average molecular weight is 407 g/mol. The number of pyridine rings is 2. The number of primary amides is 1. The smallest absolute Gasteiger partial charge is 0.364 e. The number of nitrogens with one attached hydrogen (secondary N) is 1. The van der Waals surface area contributed by atoms with E-state index < -0.39 is 34.3 Å². The second-order valence-corrected chi connectivity index (χ2v) is 7.26. The van der Waals surface area contributed by atoms with Crippen LogP contribution in [-0.4, -0.2) is 22.1 Å². The number of nitrogens with two attached hydrogens (primary N) is 1. The number of aryl methyl sites for hydroxylation is 1. The van der Waals surface area contributed by atoms with Gasteiger partial charge >= 0.3 is 6.18 Å². The van der Waals surface area contributed by atoms with Gasteiger partial charge in [-0.1, -0.05) is 6.07 Å². The Bertz CT molecular complexity index is 1200. The number of hydrogen-bond donors (Lipinski definition) is 2. The normalized spacial score (nSPS) is 12.4. The second-order valence-electron chi connectivity index (χ2n) is 7.26. The van der Waals surface area contributed by atoms with Gasteiger partial charge in [0.2, 0.25) is 0 Å². The predicted molar refractivity (Wildman–Crippen MR) is 100 cm³/mol. The highest BCUT2D eigenvalue weighted by Crippen LogP contribution is 2.42. The van der Waals surface area contributed by atoms with E-state index in [1.807, 2.05) is 0 Å². The summed E-state index contributed by atoms with van der Waals surface area (Å²) in [6.07, 6.45) is -3.36. The van der Waals surface area contributed by atoms with Crippen LogP contribution < -0.4 is 11.2 Å². The number of rotatable bonds is 3. The summed E-state index contributed by atoms with van der Waals surface area (Å²) in [7, 11) is 0. The van der Waals surface area contributed by atoms with Crippen LogP contribution >= 0.6 is 0 Å². The Morgan fingerprint density at radius 1 is 1.17 bits per heavy atom. The van der Waals surface area contributed by atoms with Gasteiger partial charge in [0, 0.05) is 23.4 Å². The summed E-state index contributed by atoms with van der Waals surface area (Å²) in [5, 5.41) is -0.0169. The quantitative estimate of drug-likeness (QED) is 0.644. The summed E-state index contributed by atoms with van der Waals surface area (Å²) in [6.45, 7) is 3.33. The Morgan fingerprint density at radius 2 is 1.83 bits per heavy atom. The van der Waals surface area contributed by atoms with E-state index in [1.54, 1.807) is 0 Å². The lowest BCUT2D eigenvalue weighted by Crippen LogP contribution is -2.37. The molecule has 0 atom stereocenters. The molecule has 0 unspecified atom stereocenters. The van der Waals surface area contributed by atoms with Crippen molar-refractivity contribution in [3.8, 4) is 11.3 Å². The van der Waals surface area contributed by atoms with Gasteiger partial charge in [-0.25, -0.2) is 4.39 Å². The van der Waals surface area contributed by atoms with Gasteiger partial charge in [0.25, 0.3) is 5.91 Å². The van der Waals surface area contributed by atoms with E-state index in [0.29, 0.717) is 5.56 Å². The van der Waals surface area contributed by atoms with Crippen molar-refractivity contribution in [2.75, 3.05) is 0 Å². The largest absolute Gasteiger partial charge is 0.398 e. The number of aromatic amines is 1. The van der Waals surface area contributed by atoms with Crippen molar-refractivity contribution < 1.29 is 22.4 Å². The summed E-state index contributed by atoms with van der Waals surface area (Å²) in [6, 6.07) is 4.67. The van der Waals surface area contributed by atoms with Crippen molar-refractivity contribution in [3.05, 3.63) is 63.3 Å². The third-order valence-corrected chi connectivity index (χ3v) is 4.96. The third kappa shape index (κ3) is 3.37. The number of carbonyl (C=O) groups excluding carboxylic acids is 1. The van der Waals surface area contributed by atoms with Crippen LogP contribution in [0.2, 0.25) is 0 Å². The number of nitrogens with zero attached hydrogens (tertiary/aromatic N) is 1. The lowest BCUT2D eigenvalue weighted by Gasteiger charge is -2.29. The lowest BCUT2D eigenvalue weighted by molar-refractivity contribution is -0.180. The van der Waals surface area contributed by atoms with Gasteiger partial charge in [-0.2, -0.15) is 13.2 Å². The Balaban J connectivity index is 2.23. The van der Waals surface area contributed by atoms with Crippen LogP contribution in [0.4, 0.5) is 17.6 Å². The van der Waals surface area contributed by atoms with Crippen LogP contribution in [0.3, 0.4) is 0 Å². The standard InChI is InChI=1S/C20H17F4N3O2/c1-9-6-11(19(2,3)20(22,23)24)12(21)7-10(9)14-8-15(28)16-13(27-14)4-5-26-17(16)18(25)29/h4-8H,1-3H3,(H2,25,29)(H,27,28). The minimum absolute atomic E-state index is 0.0169. The Kier molecular flexibility index (Phi) is 4.72. The van der Waals surface area contributed by atoms with Gasteiger partial charge in [0.1, 0.15) is 11.5 Å². The predicted octanol–water partition coefficient (Wildman–Crippen LogP) is 3.98. The molecule has 3 aromatic rings. The molecule has 0 saturated carbocycles. The zero-order valence-corrected chi connectivity index (χ0v) is 15.7. The highest BCUT2D eigenvalue weighted by atomic mass is 19.4. The molecule has 0 radical (unpaired) electrons. The maximum absolute atomic E-state index is 14.7. The average Bonchev–Trinajstić information content (AvgIpc) is 2.61. The molecule has 5 nitrogen and oxygen atoms in total. The summed E-state index contributed by atoms with van der Waals surface area (Å²) in [5.74, 6) is -1.92. The van der Waals surface area contributed by atoms with Crippen molar-refractivity contribution in [2.45, 2.75) is 32.4 Å². The fourth-order valence-corrected chi connectivity index (χ4v) is 3.14. The number of aromatic nitrogens is 2. The van der Waals surface area contributed by atoms with Crippen molar-refractivity contribution in [3.63, 3.8) is 0 Å². The van der Waals surface area contributed by atoms with Crippen LogP contribution in [0.5, 0.6) is 0 Å². The molecule has 3 rings (SSSR count). The van der Waals surface area contributed by atoms with Crippen LogP contribution in [0.1, 0.15) is 35.5 Å². The molecule has 0 fully saturated rings. The van der Waals surface area contributed by atoms with Gasteiger partial charge in [0.05, 0.1) is 22.0 Å². The van der Waals surface area contributed by atoms with E-state index in [4.69, 9.17) is 5.73 Å². The molecule has 0 aliphatic heterocycles. The monoisotopic (exact) mass is 407 g/mol. The first-order valence-electron chi connectivity index (χ1n) is 8.54. The zero-order chi connectivity index (χ0) is 21.7. The van der Waals surface area contributed by atoms with E-state index in [9.17, 15) is 27.2 Å². The summed E-state index contributed by atoms with van der Waals surface area (Å²) in [5.41, 5.74) is 2.58. The molecule has 9 heteroatoms.